The monoisotopic (exact) mass is 286 g/mol. The average Bonchev–Trinajstić information content (AvgIpc) is 2.41. The molecule has 1 aromatic carbocycles. The van der Waals surface area contributed by atoms with Gasteiger partial charge in [0.1, 0.15) is 5.75 Å². The molecule has 0 aliphatic carbocycles. The van der Waals surface area contributed by atoms with Crippen molar-refractivity contribution in [2.75, 3.05) is 37.7 Å². The molecule has 1 fully saturated rings. The Hall–Kier alpha value is -1.31. The first-order chi connectivity index (χ1) is 9.09. The van der Waals surface area contributed by atoms with Crippen LogP contribution in [0.5, 0.6) is 5.75 Å². The smallest absolute Gasteiger partial charge is 0.304 e. The third-order valence-electron chi connectivity index (χ3n) is 3.06. The predicted molar refractivity (Wildman–Crippen MR) is 72.5 cm³/mol. The van der Waals surface area contributed by atoms with Crippen LogP contribution in [0.1, 0.15) is 6.42 Å². The molecule has 19 heavy (non-hydrogen) atoms. The van der Waals surface area contributed by atoms with Crippen molar-refractivity contribution in [2.24, 2.45) is 0 Å². The van der Waals surface area contributed by atoms with E-state index in [0.717, 1.165) is 6.42 Å². The molecule has 1 N–H and O–H groups in total. The van der Waals surface area contributed by atoms with Gasteiger partial charge in [0.05, 0.1) is 19.4 Å². The number of anilines is 1. The molecule has 106 valence electrons. The minimum Gasteiger partial charge on any atom is -0.497 e. The van der Waals surface area contributed by atoms with Crippen LogP contribution in [-0.2, 0) is 10.2 Å². The van der Waals surface area contributed by atoms with E-state index in [4.69, 9.17) is 9.84 Å². The number of hydrogen-bond acceptors (Lipinski definition) is 4. The molecule has 1 aliphatic heterocycles. The first-order valence-electron chi connectivity index (χ1n) is 6.12. The number of methoxy groups -OCH3 is 1. The van der Waals surface area contributed by atoms with E-state index in [-0.39, 0.29) is 13.2 Å². The lowest BCUT2D eigenvalue weighted by Crippen LogP contribution is -2.50. The van der Waals surface area contributed by atoms with E-state index in [1.54, 1.807) is 31.4 Å². The fraction of sp³-hybridized carbons (Fsp3) is 0.500. The zero-order valence-corrected chi connectivity index (χ0v) is 11.6. The topological polar surface area (TPSA) is 70.1 Å². The lowest BCUT2D eigenvalue weighted by atomic mass is 10.3. The molecule has 0 aromatic heterocycles. The van der Waals surface area contributed by atoms with Gasteiger partial charge >= 0.3 is 10.2 Å². The molecule has 1 heterocycles. The van der Waals surface area contributed by atoms with Gasteiger partial charge in [0, 0.05) is 25.7 Å². The van der Waals surface area contributed by atoms with E-state index < -0.39 is 10.2 Å². The standard InChI is InChI=1S/C12H18N2O4S/c1-18-12-5-2-4-11(10-12)14-7-3-6-13(8-9-15)19(14,16)17/h2,4-5,10,15H,3,6-9H2,1H3. The molecular weight excluding hydrogens is 268 g/mol. The molecule has 1 aromatic rings. The predicted octanol–water partition coefficient (Wildman–Crippen LogP) is 0.444. The van der Waals surface area contributed by atoms with Crippen LogP contribution in [0.2, 0.25) is 0 Å². The number of hydrogen-bond donors (Lipinski definition) is 1. The summed E-state index contributed by atoms with van der Waals surface area (Å²) in [6, 6.07) is 6.96. The van der Waals surface area contributed by atoms with Gasteiger partial charge in [0.2, 0.25) is 0 Å². The van der Waals surface area contributed by atoms with Crippen LogP contribution < -0.4 is 9.04 Å². The molecule has 0 atom stereocenters. The third kappa shape index (κ3) is 2.83. The van der Waals surface area contributed by atoms with Gasteiger partial charge in [0.25, 0.3) is 0 Å². The summed E-state index contributed by atoms with van der Waals surface area (Å²) in [6.45, 7) is 0.842. The highest BCUT2D eigenvalue weighted by atomic mass is 32.2. The van der Waals surface area contributed by atoms with Crippen molar-refractivity contribution >= 4 is 15.9 Å². The molecule has 0 unspecified atom stereocenters. The Bertz CT molecular complexity index is 530. The van der Waals surface area contributed by atoms with E-state index in [0.29, 0.717) is 24.5 Å². The van der Waals surface area contributed by atoms with Gasteiger partial charge < -0.3 is 9.84 Å². The normalized spacial score (nSPS) is 19.4. The van der Waals surface area contributed by atoms with Gasteiger partial charge in [-0.3, -0.25) is 4.31 Å². The van der Waals surface area contributed by atoms with Crippen molar-refractivity contribution in [3.05, 3.63) is 24.3 Å². The van der Waals surface area contributed by atoms with Crippen LogP contribution in [0.25, 0.3) is 0 Å². The van der Waals surface area contributed by atoms with Crippen molar-refractivity contribution < 1.29 is 18.3 Å². The van der Waals surface area contributed by atoms with E-state index >= 15 is 0 Å². The highest BCUT2D eigenvalue weighted by molar-refractivity contribution is 7.90. The van der Waals surface area contributed by atoms with Gasteiger partial charge in [-0.05, 0) is 18.6 Å². The number of ether oxygens (including phenoxy) is 1. The Kier molecular flexibility index (Phi) is 4.28. The molecule has 0 saturated carbocycles. The van der Waals surface area contributed by atoms with E-state index in [1.807, 2.05) is 0 Å². The molecule has 6 nitrogen and oxygen atoms in total. The van der Waals surface area contributed by atoms with Crippen molar-refractivity contribution in [1.82, 2.24) is 4.31 Å². The Morgan fingerprint density at radius 3 is 2.84 bits per heavy atom. The van der Waals surface area contributed by atoms with Crippen LogP contribution in [0.3, 0.4) is 0 Å². The van der Waals surface area contributed by atoms with Crippen LogP contribution >= 0.6 is 0 Å². The molecule has 1 saturated heterocycles. The first kappa shape index (κ1) is 14.1. The largest absolute Gasteiger partial charge is 0.497 e. The van der Waals surface area contributed by atoms with Gasteiger partial charge in [0.15, 0.2) is 0 Å². The number of aliphatic hydroxyl groups excluding tert-OH is 1. The molecule has 1 aliphatic rings. The summed E-state index contributed by atoms with van der Waals surface area (Å²) < 4.78 is 32.6. The molecule has 0 amide bonds. The Balaban J connectivity index is 2.32. The highest BCUT2D eigenvalue weighted by Gasteiger charge is 2.33. The van der Waals surface area contributed by atoms with Crippen molar-refractivity contribution in [1.29, 1.82) is 0 Å². The number of nitrogens with zero attached hydrogens (tertiary/aromatic N) is 2. The second-order valence-corrected chi connectivity index (χ2v) is 6.11. The number of rotatable bonds is 4. The lowest BCUT2D eigenvalue weighted by molar-refractivity contribution is 0.249. The lowest BCUT2D eigenvalue weighted by Gasteiger charge is -2.35. The minimum atomic E-state index is -3.55. The minimum absolute atomic E-state index is 0.128. The van der Waals surface area contributed by atoms with Crippen LogP contribution in [-0.4, -0.2) is 51.2 Å². The summed E-state index contributed by atoms with van der Waals surface area (Å²) in [5.74, 6) is 0.618. The van der Waals surface area contributed by atoms with Crippen LogP contribution in [0, 0.1) is 0 Å². The average molecular weight is 286 g/mol. The van der Waals surface area contributed by atoms with Crippen molar-refractivity contribution in [3.8, 4) is 5.75 Å². The fourth-order valence-corrected chi connectivity index (χ4v) is 3.82. The van der Waals surface area contributed by atoms with Crippen molar-refractivity contribution in [3.63, 3.8) is 0 Å². The van der Waals surface area contributed by atoms with Crippen LogP contribution in [0.15, 0.2) is 24.3 Å². The number of benzene rings is 1. The SMILES string of the molecule is COc1cccc(N2CCCN(CCO)S2(=O)=O)c1. The zero-order valence-electron chi connectivity index (χ0n) is 10.8. The summed E-state index contributed by atoms with van der Waals surface area (Å²) >= 11 is 0. The Morgan fingerprint density at radius 1 is 1.37 bits per heavy atom. The second-order valence-electron chi connectivity index (χ2n) is 4.26. The Labute approximate surface area is 113 Å². The first-order valence-corrected chi connectivity index (χ1v) is 7.52. The molecular formula is C12H18N2O4S. The van der Waals surface area contributed by atoms with Gasteiger partial charge in [-0.15, -0.1) is 0 Å². The quantitative estimate of drug-likeness (QED) is 0.872. The van der Waals surface area contributed by atoms with Crippen LogP contribution in [0.4, 0.5) is 5.69 Å². The highest BCUT2D eigenvalue weighted by Crippen LogP contribution is 2.27. The molecule has 0 radical (unpaired) electrons. The summed E-state index contributed by atoms with van der Waals surface area (Å²) in [5.41, 5.74) is 0.585. The van der Waals surface area contributed by atoms with Crippen molar-refractivity contribution in [2.45, 2.75) is 6.42 Å². The summed E-state index contributed by atoms with van der Waals surface area (Å²) in [6.07, 6.45) is 0.733. The Morgan fingerprint density at radius 2 is 2.16 bits per heavy atom. The molecule has 0 spiro atoms. The molecule has 0 bridgehead atoms. The molecule has 7 heteroatoms. The maximum Gasteiger partial charge on any atom is 0.304 e. The van der Waals surface area contributed by atoms with Gasteiger partial charge in [-0.1, -0.05) is 6.07 Å². The van der Waals surface area contributed by atoms with E-state index in [2.05, 4.69) is 0 Å². The number of β-amino-alcohol motifs (C(OH)–C–C–N with tert-alkyl or cyclic N) is 1. The third-order valence-corrected chi connectivity index (χ3v) is 5.03. The summed E-state index contributed by atoms with van der Waals surface area (Å²) in [7, 11) is -2.01. The summed E-state index contributed by atoms with van der Waals surface area (Å²) in [4.78, 5) is 0. The summed E-state index contributed by atoms with van der Waals surface area (Å²) in [5, 5.41) is 8.95. The second kappa shape index (κ2) is 5.77. The maximum absolute atomic E-state index is 12.4. The van der Waals surface area contributed by atoms with E-state index in [1.165, 1.54) is 8.61 Å². The fourth-order valence-electron chi connectivity index (χ4n) is 2.13. The van der Waals surface area contributed by atoms with E-state index in [9.17, 15) is 8.42 Å². The zero-order chi connectivity index (χ0) is 13.9. The molecule has 2 rings (SSSR count). The van der Waals surface area contributed by atoms with Gasteiger partial charge in [-0.25, -0.2) is 0 Å². The maximum atomic E-state index is 12.4. The van der Waals surface area contributed by atoms with Gasteiger partial charge in [-0.2, -0.15) is 12.7 Å². The number of aliphatic hydroxyl groups is 1.